The number of alkyl halides is 3. The number of nitrogens with one attached hydrogen (secondary N) is 1. The molecule has 1 heterocycles. The molecular formula is C21H19F3N2O. The molecule has 0 radical (unpaired) electrons. The maximum atomic E-state index is 12.7. The molecule has 1 N–H and O–H groups in total. The Bertz CT molecular complexity index is 998. The average molecular weight is 372 g/mol. The summed E-state index contributed by atoms with van der Waals surface area (Å²) in [6, 6.07) is 12.6. The van der Waals surface area contributed by atoms with Crippen LogP contribution in [0.2, 0.25) is 0 Å². The Labute approximate surface area is 154 Å². The zero-order valence-electron chi connectivity index (χ0n) is 14.8. The summed E-state index contributed by atoms with van der Waals surface area (Å²) in [7, 11) is 0. The Morgan fingerprint density at radius 1 is 1.11 bits per heavy atom. The number of nitrogens with zero attached hydrogens (tertiary/aromatic N) is 1. The summed E-state index contributed by atoms with van der Waals surface area (Å²) in [6.45, 7) is 2.41. The summed E-state index contributed by atoms with van der Waals surface area (Å²) in [4.78, 5) is 12.7. The van der Waals surface area contributed by atoms with E-state index in [1.807, 2.05) is 35.9 Å². The van der Waals surface area contributed by atoms with Crippen molar-refractivity contribution >= 4 is 16.8 Å². The van der Waals surface area contributed by atoms with Crippen LogP contribution >= 0.6 is 0 Å². The summed E-state index contributed by atoms with van der Waals surface area (Å²) in [5, 5.41) is 3.99. The van der Waals surface area contributed by atoms with Gasteiger partial charge in [-0.25, -0.2) is 0 Å². The fourth-order valence-corrected chi connectivity index (χ4v) is 3.23. The Morgan fingerprint density at radius 2 is 1.81 bits per heavy atom. The number of fused-ring (bicyclic) bond motifs is 1. The second kappa shape index (κ2) is 6.15. The van der Waals surface area contributed by atoms with Crippen LogP contribution in [0.15, 0.2) is 54.7 Å². The van der Waals surface area contributed by atoms with Crippen molar-refractivity contribution < 1.29 is 18.0 Å². The van der Waals surface area contributed by atoms with Crippen LogP contribution in [0.25, 0.3) is 10.9 Å². The second-order valence-corrected chi connectivity index (χ2v) is 7.40. The molecule has 140 valence electrons. The summed E-state index contributed by atoms with van der Waals surface area (Å²) in [5.74, 6) is -0.118. The van der Waals surface area contributed by atoms with Crippen LogP contribution < -0.4 is 5.32 Å². The molecule has 27 heavy (non-hydrogen) atoms. The lowest BCUT2D eigenvalue weighted by atomic mass is 10.1. The van der Waals surface area contributed by atoms with Gasteiger partial charge in [0.15, 0.2) is 0 Å². The Balaban J connectivity index is 1.65. The quantitative estimate of drug-likeness (QED) is 0.688. The first-order valence-electron chi connectivity index (χ1n) is 8.82. The SMILES string of the molecule is CC1(NC(=O)c2cccc3ccn(Cc4ccc(C(F)(F)F)cc4)c23)CC1. The first-order chi connectivity index (χ1) is 12.8. The molecule has 1 fully saturated rings. The van der Waals surface area contributed by atoms with Crippen molar-refractivity contribution in [3.05, 3.63) is 71.4 Å². The molecule has 0 atom stereocenters. The average Bonchev–Trinajstić information content (AvgIpc) is 3.20. The minimum atomic E-state index is -4.34. The van der Waals surface area contributed by atoms with Crippen LogP contribution in [0, 0.1) is 0 Å². The fraction of sp³-hybridized carbons (Fsp3) is 0.286. The number of hydrogen-bond acceptors (Lipinski definition) is 1. The lowest BCUT2D eigenvalue weighted by Gasteiger charge is -2.14. The summed E-state index contributed by atoms with van der Waals surface area (Å²) in [6.07, 6.45) is -0.538. The van der Waals surface area contributed by atoms with Crippen LogP contribution in [0.4, 0.5) is 13.2 Å². The third kappa shape index (κ3) is 3.56. The maximum absolute atomic E-state index is 12.7. The van der Waals surface area contributed by atoms with Gasteiger partial charge in [0, 0.05) is 23.7 Å². The molecule has 1 aliphatic carbocycles. The molecule has 6 heteroatoms. The molecule has 3 aromatic rings. The molecule has 1 aromatic heterocycles. The minimum Gasteiger partial charge on any atom is -0.347 e. The van der Waals surface area contributed by atoms with Gasteiger partial charge in [-0.15, -0.1) is 0 Å². The van der Waals surface area contributed by atoms with Crippen molar-refractivity contribution in [3.63, 3.8) is 0 Å². The second-order valence-electron chi connectivity index (χ2n) is 7.40. The highest BCUT2D eigenvalue weighted by Crippen LogP contribution is 2.35. The van der Waals surface area contributed by atoms with E-state index in [9.17, 15) is 18.0 Å². The smallest absolute Gasteiger partial charge is 0.347 e. The number of halogens is 3. The third-order valence-electron chi connectivity index (χ3n) is 5.08. The van der Waals surface area contributed by atoms with Crippen LogP contribution in [0.5, 0.6) is 0 Å². The first-order valence-corrected chi connectivity index (χ1v) is 8.82. The van der Waals surface area contributed by atoms with Crippen molar-refractivity contribution in [2.75, 3.05) is 0 Å². The van der Waals surface area contributed by atoms with E-state index >= 15 is 0 Å². The van der Waals surface area contributed by atoms with E-state index in [2.05, 4.69) is 5.32 Å². The topological polar surface area (TPSA) is 34.0 Å². The van der Waals surface area contributed by atoms with Crippen molar-refractivity contribution in [2.24, 2.45) is 0 Å². The van der Waals surface area contributed by atoms with Gasteiger partial charge in [-0.05, 0) is 49.6 Å². The number of carbonyl (C=O) groups excluding carboxylic acids is 1. The molecule has 0 spiro atoms. The lowest BCUT2D eigenvalue weighted by molar-refractivity contribution is -0.137. The molecular weight excluding hydrogens is 353 g/mol. The van der Waals surface area contributed by atoms with Gasteiger partial charge in [0.2, 0.25) is 0 Å². The van der Waals surface area contributed by atoms with E-state index in [0.717, 1.165) is 41.4 Å². The lowest BCUT2D eigenvalue weighted by Crippen LogP contribution is -2.34. The molecule has 4 rings (SSSR count). The maximum Gasteiger partial charge on any atom is 0.416 e. The molecule has 1 amide bonds. The van der Waals surface area contributed by atoms with Gasteiger partial charge in [-0.1, -0.05) is 24.3 Å². The predicted octanol–water partition coefficient (Wildman–Crippen LogP) is 4.99. The van der Waals surface area contributed by atoms with Crippen molar-refractivity contribution in [1.29, 1.82) is 0 Å². The molecule has 0 saturated heterocycles. The largest absolute Gasteiger partial charge is 0.416 e. The minimum absolute atomic E-state index is 0.118. The van der Waals surface area contributed by atoms with E-state index in [1.54, 1.807) is 6.07 Å². The van der Waals surface area contributed by atoms with E-state index < -0.39 is 11.7 Å². The van der Waals surface area contributed by atoms with Gasteiger partial charge >= 0.3 is 6.18 Å². The Hall–Kier alpha value is -2.76. The molecule has 0 aliphatic heterocycles. The Morgan fingerprint density at radius 3 is 2.44 bits per heavy atom. The number of amides is 1. The van der Waals surface area contributed by atoms with Crippen LogP contribution in [0.1, 0.15) is 41.3 Å². The highest BCUT2D eigenvalue weighted by atomic mass is 19.4. The van der Waals surface area contributed by atoms with Crippen LogP contribution in [0.3, 0.4) is 0 Å². The van der Waals surface area contributed by atoms with Gasteiger partial charge in [0.1, 0.15) is 0 Å². The van der Waals surface area contributed by atoms with Gasteiger partial charge in [-0.3, -0.25) is 4.79 Å². The number of hydrogen-bond donors (Lipinski definition) is 1. The van der Waals surface area contributed by atoms with E-state index in [-0.39, 0.29) is 11.4 Å². The van der Waals surface area contributed by atoms with Gasteiger partial charge in [0.25, 0.3) is 5.91 Å². The zero-order chi connectivity index (χ0) is 19.2. The molecule has 1 aliphatic rings. The number of rotatable bonds is 4. The zero-order valence-corrected chi connectivity index (χ0v) is 14.8. The summed E-state index contributed by atoms with van der Waals surface area (Å²) in [5.41, 5.74) is 1.33. The number of carbonyl (C=O) groups is 1. The van der Waals surface area contributed by atoms with Crippen molar-refractivity contribution in [2.45, 2.75) is 38.0 Å². The fourth-order valence-electron chi connectivity index (χ4n) is 3.23. The summed E-state index contributed by atoms with van der Waals surface area (Å²) >= 11 is 0. The summed E-state index contributed by atoms with van der Waals surface area (Å²) < 4.78 is 40.1. The number of aromatic nitrogens is 1. The van der Waals surface area contributed by atoms with Gasteiger partial charge in [0.05, 0.1) is 16.6 Å². The molecule has 0 bridgehead atoms. The molecule has 2 aromatic carbocycles. The number of benzene rings is 2. The van der Waals surface area contributed by atoms with E-state index in [1.165, 1.54) is 12.1 Å². The monoisotopic (exact) mass is 372 g/mol. The Kier molecular flexibility index (Phi) is 4.02. The van der Waals surface area contributed by atoms with Crippen molar-refractivity contribution in [1.82, 2.24) is 9.88 Å². The highest BCUT2D eigenvalue weighted by molar-refractivity contribution is 6.06. The van der Waals surface area contributed by atoms with Gasteiger partial charge in [-0.2, -0.15) is 13.2 Å². The first kappa shape index (κ1) is 17.6. The van der Waals surface area contributed by atoms with Crippen LogP contribution in [-0.4, -0.2) is 16.0 Å². The highest BCUT2D eigenvalue weighted by Gasteiger charge is 2.39. The van der Waals surface area contributed by atoms with E-state index in [4.69, 9.17) is 0 Å². The van der Waals surface area contributed by atoms with Crippen molar-refractivity contribution in [3.8, 4) is 0 Å². The normalized spacial score (nSPS) is 15.7. The molecule has 1 saturated carbocycles. The predicted molar refractivity (Wildman–Crippen MR) is 97.6 cm³/mol. The molecule has 3 nitrogen and oxygen atoms in total. The standard InChI is InChI=1S/C21H19F3N2O/c1-20(10-11-20)25-19(27)17-4-2-3-15-9-12-26(18(15)17)13-14-5-7-16(8-6-14)21(22,23)24/h2-9,12H,10-11,13H2,1H3,(H,25,27). The number of para-hydroxylation sites is 1. The van der Waals surface area contributed by atoms with Gasteiger partial charge < -0.3 is 9.88 Å². The third-order valence-corrected chi connectivity index (χ3v) is 5.08. The molecule has 0 unspecified atom stereocenters. The van der Waals surface area contributed by atoms with E-state index in [0.29, 0.717) is 12.1 Å². The van der Waals surface area contributed by atoms with Crippen LogP contribution in [-0.2, 0) is 12.7 Å².